The molecule has 0 aliphatic carbocycles. The number of β-amino-alcohol motifs (C(OH)–C–C–N with tert-alkyl or cyclic N) is 1. The van der Waals surface area contributed by atoms with Crippen LogP contribution in [0.15, 0.2) is 52.9 Å². The molecule has 2 aromatic heterocycles. The highest BCUT2D eigenvalue weighted by atomic mass is 35.5. The standard InChI is InChI=1S/C35H33ClFN7O3/c1-20-23(25-8-5-9-26(30(25)36)40-33(45)32-39-28-16-42(2)11-10-29(28)43(32)3)6-4-7-24(20)34-41-27-13-21(12-22(14-38)31(27)47-34)15-44-18-35(46,17-37)19-44/h4-9,12-13,46H,10-11,15-19H2,1-3H3,(H,40,45). The number of aliphatic hydroxyl groups is 1. The van der Waals surface area contributed by atoms with Gasteiger partial charge in [0, 0.05) is 63.0 Å². The van der Waals surface area contributed by atoms with Gasteiger partial charge in [-0.05, 0) is 54.9 Å². The van der Waals surface area contributed by atoms with E-state index in [4.69, 9.17) is 21.0 Å². The van der Waals surface area contributed by atoms with Crippen LogP contribution in [0.2, 0.25) is 5.02 Å². The minimum atomic E-state index is -1.30. The molecule has 47 heavy (non-hydrogen) atoms. The zero-order valence-corrected chi connectivity index (χ0v) is 27.0. The molecule has 1 fully saturated rings. The summed E-state index contributed by atoms with van der Waals surface area (Å²) < 4.78 is 21.1. The number of hydrogen-bond acceptors (Lipinski definition) is 8. The lowest BCUT2D eigenvalue weighted by molar-refractivity contribution is -0.113. The van der Waals surface area contributed by atoms with Crippen LogP contribution in [0.5, 0.6) is 0 Å². The van der Waals surface area contributed by atoms with Crippen molar-refractivity contribution < 1.29 is 18.7 Å². The Bertz CT molecular complexity index is 2090. The Balaban J connectivity index is 1.17. The first-order valence-electron chi connectivity index (χ1n) is 15.3. The van der Waals surface area contributed by atoms with Crippen molar-refractivity contribution in [1.29, 1.82) is 5.26 Å². The Morgan fingerprint density at radius 2 is 1.89 bits per heavy atom. The van der Waals surface area contributed by atoms with Crippen molar-refractivity contribution in [3.05, 3.63) is 87.5 Å². The van der Waals surface area contributed by atoms with Gasteiger partial charge in [-0.3, -0.25) is 9.69 Å². The number of likely N-dealkylation sites (tertiary alicyclic amines) is 1. The van der Waals surface area contributed by atoms with Gasteiger partial charge in [-0.25, -0.2) is 14.4 Å². The van der Waals surface area contributed by atoms with Gasteiger partial charge in [-0.15, -0.1) is 0 Å². The molecular weight excluding hydrogens is 621 g/mol. The highest BCUT2D eigenvalue weighted by Gasteiger charge is 2.41. The van der Waals surface area contributed by atoms with Crippen molar-refractivity contribution in [2.24, 2.45) is 7.05 Å². The summed E-state index contributed by atoms with van der Waals surface area (Å²) in [5.41, 5.74) is 6.39. The Hall–Kier alpha value is -4.60. The van der Waals surface area contributed by atoms with Crippen molar-refractivity contribution in [1.82, 2.24) is 24.3 Å². The van der Waals surface area contributed by atoms with E-state index in [-0.39, 0.29) is 19.0 Å². The molecule has 1 saturated heterocycles. The van der Waals surface area contributed by atoms with E-state index >= 15 is 0 Å². The molecule has 2 N–H and O–H groups in total. The van der Waals surface area contributed by atoms with Gasteiger partial charge in [0.25, 0.3) is 5.91 Å². The molecule has 0 saturated carbocycles. The van der Waals surface area contributed by atoms with Crippen LogP contribution in [0.4, 0.5) is 10.1 Å². The number of fused-ring (bicyclic) bond motifs is 2. The number of anilines is 1. The average molecular weight is 654 g/mol. The minimum absolute atomic E-state index is 0.232. The molecule has 2 aliphatic rings. The van der Waals surface area contributed by atoms with E-state index in [2.05, 4.69) is 21.3 Å². The molecule has 4 heterocycles. The maximum Gasteiger partial charge on any atom is 0.291 e. The number of amides is 1. The largest absolute Gasteiger partial charge is 0.435 e. The number of halogens is 2. The maximum atomic E-state index is 13.4. The number of oxazole rings is 1. The predicted octanol–water partition coefficient (Wildman–Crippen LogP) is 5.49. The summed E-state index contributed by atoms with van der Waals surface area (Å²) in [6.45, 7) is 3.69. The Morgan fingerprint density at radius 3 is 2.66 bits per heavy atom. The molecule has 0 unspecified atom stereocenters. The summed E-state index contributed by atoms with van der Waals surface area (Å²) in [6, 6.07) is 17.0. The summed E-state index contributed by atoms with van der Waals surface area (Å²) in [5, 5.41) is 23.3. The van der Waals surface area contributed by atoms with Gasteiger partial charge in [-0.2, -0.15) is 5.26 Å². The van der Waals surface area contributed by atoms with Crippen LogP contribution >= 0.6 is 11.6 Å². The number of hydrogen-bond donors (Lipinski definition) is 2. The molecular formula is C35H33ClFN7O3. The van der Waals surface area contributed by atoms with Crippen molar-refractivity contribution in [3.63, 3.8) is 0 Å². The van der Waals surface area contributed by atoms with Gasteiger partial charge < -0.3 is 24.3 Å². The van der Waals surface area contributed by atoms with Gasteiger partial charge in [0.1, 0.15) is 23.9 Å². The molecule has 240 valence electrons. The highest BCUT2D eigenvalue weighted by Crippen LogP contribution is 2.39. The van der Waals surface area contributed by atoms with Crippen LogP contribution in [-0.2, 0) is 26.6 Å². The molecule has 2 aliphatic heterocycles. The Labute approximate surface area is 276 Å². The first kappa shape index (κ1) is 31.0. The Kier molecular flexibility index (Phi) is 7.85. The van der Waals surface area contributed by atoms with E-state index in [0.717, 1.165) is 52.2 Å². The third-order valence-corrected chi connectivity index (χ3v) is 9.52. The Morgan fingerprint density at radius 1 is 1.15 bits per heavy atom. The smallest absolute Gasteiger partial charge is 0.291 e. The minimum Gasteiger partial charge on any atom is -0.435 e. The number of nitriles is 1. The SMILES string of the molecule is Cc1c(-c2nc3cc(CN4CC(O)(CF)C4)cc(C#N)c3o2)cccc1-c1cccc(NC(=O)c2nc3c(n2C)CCN(C)C3)c1Cl. The zero-order valence-electron chi connectivity index (χ0n) is 26.3. The quantitative estimate of drug-likeness (QED) is 0.237. The second kappa shape index (κ2) is 11.9. The topological polar surface area (TPSA) is 123 Å². The van der Waals surface area contributed by atoms with Crippen LogP contribution in [0.3, 0.4) is 0 Å². The van der Waals surface area contributed by atoms with Crippen LogP contribution < -0.4 is 5.32 Å². The number of imidazole rings is 1. The van der Waals surface area contributed by atoms with Gasteiger partial charge >= 0.3 is 0 Å². The number of rotatable bonds is 7. The van der Waals surface area contributed by atoms with E-state index in [1.54, 1.807) is 12.1 Å². The van der Waals surface area contributed by atoms with Gasteiger partial charge in [0.15, 0.2) is 11.4 Å². The van der Waals surface area contributed by atoms with Crippen LogP contribution in [0, 0.1) is 18.3 Å². The van der Waals surface area contributed by atoms with E-state index in [0.29, 0.717) is 52.2 Å². The number of benzene rings is 3. The van der Waals surface area contributed by atoms with Gasteiger partial charge in [-0.1, -0.05) is 35.9 Å². The van der Waals surface area contributed by atoms with E-state index in [9.17, 15) is 19.6 Å². The monoisotopic (exact) mass is 653 g/mol. The maximum absolute atomic E-state index is 13.4. The number of alkyl halides is 1. The fourth-order valence-electron chi connectivity index (χ4n) is 6.66. The lowest BCUT2D eigenvalue weighted by Crippen LogP contribution is -2.62. The molecule has 0 radical (unpaired) electrons. The molecule has 0 atom stereocenters. The number of nitrogens with zero attached hydrogens (tertiary/aromatic N) is 6. The fraction of sp³-hybridized carbons (Fsp3) is 0.314. The molecule has 5 aromatic rings. The van der Waals surface area contributed by atoms with Crippen molar-refractivity contribution in [3.8, 4) is 28.7 Å². The first-order chi connectivity index (χ1) is 22.6. The van der Waals surface area contributed by atoms with Gasteiger partial charge in [0.2, 0.25) is 5.89 Å². The number of likely N-dealkylation sites (N-methyl/N-ethyl adjacent to an activating group) is 1. The second-order valence-corrected chi connectivity index (χ2v) is 13.0. The van der Waals surface area contributed by atoms with Crippen molar-refractivity contribution >= 4 is 34.3 Å². The van der Waals surface area contributed by atoms with Crippen LogP contribution in [0.1, 0.15) is 38.7 Å². The number of carbonyl (C=O) groups is 1. The number of aromatic nitrogens is 3. The predicted molar refractivity (Wildman–Crippen MR) is 177 cm³/mol. The van der Waals surface area contributed by atoms with Gasteiger partial charge in [0.05, 0.1) is 22.0 Å². The summed E-state index contributed by atoms with van der Waals surface area (Å²) in [5.74, 6) is 0.362. The molecule has 10 nitrogen and oxygen atoms in total. The first-order valence-corrected chi connectivity index (χ1v) is 15.7. The molecule has 3 aromatic carbocycles. The fourth-order valence-corrected chi connectivity index (χ4v) is 6.93. The molecule has 0 bridgehead atoms. The molecule has 1 amide bonds. The zero-order chi connectivity index (χ0) is 33.0. The summed E-state index contributed by atoms with van der Waals surface area (Å²) >= 11 is 6.95. The third-order valence-electron chi connectivity index (χ3n) is 9.11. The third kappa shape index (κ3) is 5.57. The van der Waals surface area contributed by atoms with Crippen molar-refractivity contribution in [2.75, 3.05) is 38.7 Å². The van der Waals surface area contributed by atoms with E-state index < -0.39 is 12.3 Å². The number of carbonyl (C=O) groups excluding carboxylic acids is 1. The summed E-state index contributed by atoms with van der Waals surface area (Å²) in [7, 11) is 3.91. The normalized spacial score (nSPS) is 16.1. The average Bonchev–Trinajstić information content (AvgIpc) is 3.61. The van der Waals surface area contributed by atoms with E-state index in [1.807, 2.05) is 66.9 Å². The summed E-state index contributed by atoms with van der Waals surface area (Å²) in [4.78, 5) is 26.9. The van der Waals surface area contributed by atoms with Crippen LogP contribution in [-0.4, -0.2) is 74.3 Å². The lowest BCUT2D eigenvalue weighted by Gasteiger charge is -2.44. The molecule has 7 rings (SSSR count). The van der Waals surface area contributed by atoms with Crippen molar-refractivity contribution in [2.45, 2.75) is 32.0 Å². The van der Waals surface area contributed by atoms with Crippen LogP contribution in [0.25, 0.3) is 33.7 Å². The molecule has 0 spiro atoms. The molecule has 12 heteroatoms. The second-order valence-electron chi connectivity index (χ2n) is 12.6. The highest BCUT2D eigenvalue weighted by molar-refractivity contribution is 6.36. The van der Waals surface area contributed by atoms with E-state index in [1.165, 1.54) is 0 Å². The number of nitrogens with one attached hydrogen (secondary N) is 1. The lowest BCUT2D eigenvalue weighted by atomic mass is 9.95. The summed E-state index contributed by atoms with van der Waals surface area (Å²) in [6.07, 6.45) is 0.832.